The molecule has 1 aliphatic heterocycles. The quantitative estimate of drug-likeness (QED) is 0.445. The normalized spacial score (nSPS) is 25.3. The summed E-state index contributed by atoms with van der Waals surface area (Å²) in [4.78, 5) is 6.76. The van der Waals surface area contributed by atoms with E-state index in [-0.39, 0.29) is 0 Å². The predicted molar refractivity (Wildman–Crippen MR) is 86.2 cm³/mol. The highest BCUT2D eigenvalue weighted by molar-refractivity contribution is 5.79. The Morgan fingerprint density at radius 2 is 1.95 bits per heavy atom. The summed E-state index contributed by atoms with van der Waals surface area (Å²) < 4.78 is 0. The molecule has 1 aliphatic carbocycles. The van der Waals surface area contributed by atoms with Gasteiger partial charge in [0.25, 0.3) is 0 Å². The van der Waals surface area contributed by atoms with Crippen LogP contribution in [0.4, 0.5) is 0 Å². The Morgan fingerprint density at radius 1 is 1.15 bits per heavy atom. The monoisotopic (exact) mass is 280 g/mol. The fourth-order valence-corrected chi connectivity index (χ4v) is 3.57. The molecule has 1 unspecified atom stereocenters. The molecular weight excluding hydrogens is 248 g/mol. The van der Waals surface area contributed by atoms with E-state index in [1.54, 1.807) is 0 Å². The number of hydrogen-bond acceptors (Lipinski definition) is 2. The van der Waals surface area contributed by atoms with Gasteiger partial charge in [0.1, 0.15) is 0 Å². The molecule has 4 nitrogen and oxygen atoms in total. The number of nitrogens with one attached hydrogen (secondary N) is 2. The smallest absolute Gasteiger partial charge is 0.191 e. The van der Waals surface area contributed by atoms with Gasteiger partial charge in [-0.1, -0.05) is 25.7 Å². The second-order valence-corrected chi connectivity index (χ2v) is 6.45. The van der Waals surface area contributed by atoms with Crippen LogP contribution in [0.5, 0.6) is 0 Å². The van der Waals surface area contributed by atoms with Crippen LogP contribution in [0.2, 0.25) is 0 Å². The Kier molecular flexibility index (Phi) is 6.64. The van der Waals surface area contributed by atoms with Gasteiger partial charge in [-0.05, 0) is 45.2 Å². The molecule has 0 spiro atoms. The number of likely N-dealkylation sites (N-methyl/N-ethyl adjacent to an activating group) is 1. The molecule has 116 valence electrons. The predicted octanol–water partition coefficient (Wildman–Crippen LogP) is 2.22. The molecule has 1 atom stereocenters. The van der Waals surface area contributed by atoms with Gasteiger partial charge >= 0.3 is 0 Å². The van der Waals surface area contributed by atoms with Crippen molar-refractivity contribution in [2.75, 3.05) is 33.7 Å². The largest absolute Gasteiger partial charge is 0.356 e. The van der Waals surface area contributed by atoms with Crippen molar-refractivity contribution in [3.63, 3.8) is 0 Å². The highest BCUT2D eigenvalue weighted by Crippen LogP contribution is 2.28. The van der Waals surface area contributed by atoms with Crippen molar-refractivity contribution >= 4 is 5.96 Å². The highest BCUT2D eigenvalue weighted by Gasteiger charge is 2.20. The number of rotatable bonds is 6. The van der Waals surface area contributed by atoms with Crippen molar-refractivity contribution < 1.29 is 0 Å². The topological polar surface area (TPSA) is 39.7 Å². The number of aliphatic imine (C=N–C) groups is 1. The van der Waals surface area contributed by atoms with E-state index < -0.39 is 0 Å². The van der Waals surface area contributed by atoms with Crippen molar-refractivity contribution in [2.24, 2.45) is 10.9 Å². The zero-order chi connectivity index (χ0) is 14.2. The maximum Gasteiger partial charge on any atom is 0.191 e. The minimum absolute atomic E-state index is 0.673. The first kappa shape index (κ1) is 15.6. The Hall–Kier alpha value is -0.770. The van der Waals surface area contributed by atoms with Crippen molar-refractivity contribution in [3.05, 3.63) is 0 Å². The molecule has 4 heteroatoms. The Labute approximate surface area is 124 Å². The number of likely N-dealkylation sites (tertiary alicyclic amines) is 1. The van der Waals surface area contributed by atoms with Crippen LogP contribution in [0.15, 0.2) is 4.99 Å². The molecule has 0 radical (unpaired) electrons. The molecule has 1 saturated heterocycles. The van der Waals surface area contributed by atoms with Crippen molar-refractivity contribution in [1.29, 1.82) is 0 Å². The first-order valence-corrected chi connectivity index (χ1v) is 8.44. The van der Waals surface area contributed by atoms with Crippen LogP contribution in [0.1, 0.15) is 51.4 Å². The summed E-state index contributed by atoms with van der Waals surface area (Å²) in [5.74, 6) is 1.97. The van der Waals surface area contributed by atoms with Gasteiger partial charge in [0, 0.05) is 26.2 Å². The SMILES string of the molecule is CN=C(NCCCC1CCCC1)NCC1CCCN1C. The lowest BCUT2D eigenvalue weighted by Gasteiger charge is -2.21. The number of guanidine groups is 1. The average molecular weight is 280 g/mol. The van der Waals surface area contributed by atoms with Crippen LogP contribution < -0.4 is 10.6 Å². The van der Waals surface area contributed by atoms with E-state index in [2.05, 4.69) is 27.6 Å². The Bertz CT molecular complexity index is 297. The van der Waals surface area contributed by atoms with E-state index in [4.69, 9.17) is 0 Å². The summed E-state index contributed by atoms with van der Waals surface area (Å²) in [5, 5.41) is 6.92. The summed E-state index contributed by atoms with van der Waals surface area (Å²) in [6.07, 6.45) is 11.1. The first-order valence-electron chi connectivity index (χ1n) is 8.44. The molecule has 2 aliphatic rings. The molecule has 0 aromatic carbocycles. The van der Waals surface area contributed by atoms with E-state index >= 15 is 0 Å². The van der Waals surface area contributed by atoms with Crippen LogP contribution in [-0.4, -0.2) is 50.6 Å². The third-order valence-electron chi connectivity index (χ3n) is 4.96. The molecule has 20 heavy (non-hydrogen) atoms. The van der Waals surface area contributed by atoms with Gasteiger partial charge < -0.3 is 15.5 Å². The fourth-order valence-electron chi connectivity index (χ4n) is 3.57. The molecule has 2 rings (SSSR count). The third kappa shape index (κ3) is 4.97. The van der Waals surface area contributed by atoms with Gasteiger partial charge in [-0.3, -0.25) is 4.99 Å². The second kappa shape index (κ2) is 8.50. The molecule has 2 fully saturated rings. The molecule has 0 aromatic rings. The van der Waals surface area contributed by atoms with Gasteiger partial charge in [0.2, 0.25) is 0 Å². The molecule has 2 N–H and O–H groups in total. The van der Waals surface area contributed by atoms with Crippen LogP contribution in [0.3, 0.4) is 0 Å². The molecule has 0 aromatic heterocycles. The number of nitrogens with zero attached hydrogens (tertiary/aromatic N) is 2. The maximum absolute atomic E-state index is 4.32. The first-order chi connectivity index (χ1) is 9.79. The van der Waals surface area contributed by atoms with Crippen molar-refractivity contribution in [3.8, 4) is 0 Å². The lowest BCUT2D eigenvalue weighted by Crippen LogP contribution is -2.44. The fraction of sp³-hybridized carbons (Fsp3) is 0.938. The summed E-state index contributed by atoms with van der Waals surface area (Å²) in [6.45, 7) is 3.30. The molecule has 1 heterocycles. The lowest BCUT2D eigenvalue weighted by molar-refractivity contribution is 0.309. The zero-order valence-corrected chi connectivity index (χ0v) is 13.3. The summed E-state index contributed by atoms with van der Waals surface area (Å²) in [6, 6.07) is 0.673. The highest BCUT2D eigenvalue weighted by atomic mass is 15.2. The standard InChI is InChI=1S/C16H32N4/c1-17-16(19-13-15-10-6-12-20(15)2)18-11-5-9-14-7-3-4-8-14/h14-15H,3-13H2,1-2H3,(H2,17,18,19). The Balaban J connectivity index is 1.55. The number of hydrogen-bond donors (Lipinski definition) is 2. The van der Waals surface area contributed by atoms with E-state index in [1.165, 1.54) is 57.9 Å². The summed E-state index contributed by atoms with van der Waals surface area (Å²) in [5.41, 5.74) is 0. The lowest BCUT2D eigenvalue weighted by atomic mass is 10.0. The minimum Gasteiger partial charge on any atom is -0.356 e. The molecule has 0 bridgehead atoms. The van der Waals surface area contributed by atoms with Crippen molar-refractivity contribution in [2.45, 2.75) is 57.4 Å². The Morgan fingerprint density at radius 3 is 2.60 bits per heavy atom. The van der Waals surface area contributed by atoms with E-state index in [9.17, 15) is 0 Å². The van der Waals surface area contributed by atoms with Crippen LogP contribution in [0.25, 0.3) is 0 Å². The van der Waals surface area contributed by atoms with Gasteiger partial charge in [0.05, 0.1) is 0 Å². The second-order valence-electron chi connectivity index (χ2n) is 6.45. The third-order valence-corrected chi connectivity index (χ3v) is 4.96. The maximum atomic E-state index is 4.32. The molecular formula is C16H32N4. The summed E-state index contributed by atoms with van der Waals surface area (Å²) in [7, 11) is 4.09. The van der Waals surface area contributed by atoms with E-state index in [1.807, 2.05) is 7.05 Å². The van der Waals surface area contributed by atoms with Crippen LogP contribution >= 0.6 is 0 Å². The molecule has 1 saturated carbocycles. The van der Waals surface area contributed by atoms with Gasteiger partial charge in [-0.15, -0.1) is 0 Å². The van der Waals surface area contributed by atoms with E-state index in [0.29, 0.717) is 6.04 Å². The molecule has 0 amide bonds. The van der Waals surface area contributed by atoms with Gasteiger partial charge in [0.15, 0.2) is 5.96 Å². The minimum atomic E-state index is 0.673. The van der Waals surface area contributed by atoms with Gasteiger partial charge in [-0.25, -0.2) is 0 Å². The summed E-state index contributed by atoms with van der Waals surface area (Å²) >= 11 is 0. The zero-order valence-electron chi connectivity index (χ0n) is 13.3. The van der Waals surface area contributed by atoms with Gasteiger partial charge in [-0.2, -0.15) is 0 Å². The van der Waals surface area contributed by atoms with Crippen LogP contribution in [0, 0.1) is 5.92 Å². The van der Waals surface area contributed by atoms with Crippen LogP contribution in [-0.2, 0) is 0 Å². The van der Waals surface area contributed by atoms with E-state index in [0.717, 1.165) is 25.0 Å². The average Bonchev–Trinajstić information content (AvgIpc) is 3.10. The van der Waals surface area contributed by atoms with Crippen molar-refractivity contribution in [1.82, 2.24) is 15.5 Å².